The second-order valence-corrected chi connectivity index (χ2v) is 9.50. The van der Waals surface area contributed by atoms with Crippen LogP contribution in [0.15, 0.2) is 35.1 Å². The lowest BCUT2D eigenvalue weighted by atomic mass is 9.67. The highest BCUT2D eigenvalue weighted by Crippen LogP contribution is 2.55. The maximum absolute atomic E-state index is 9.17. The predicted octanol–water partition coefficient (Wildman–Crippen LogP) is 9.07. The average molecular weight is 479 g/mol. The molecule has 0 heterocycles. The molecule has 3 aliphatic rings. The van der Waals surface area contributed by atoms with Crippen molar-refractivity contribution in [2.24, 2.45) is 22.7 Å². The number of rotatable bonds is 3. The molecule has 3 heteroatoms. The summed E-state index contributed by atoms with van der Waals surface area (Å²) in [5.41, 5.74) is 4.13. The Morgan fingerprint density at radius 1 is 1.09 bits per heavy atom. The number of aldehydes is 1. The van der Waals surface area contributed by atoms with Gasteiger partial charge in [0.2, 0.25) is 0 Å². The monoisotopic (exact) mass is 478 g/mol. The van der Waals surface area contributed by atoms with Gasteiger partial charge in [-0.05, 0) is 61.9 Å². The largest absolute Gasteiger partial charge is 0.501 e. The third-order valence-corrected chi connectivity index (χ3v) is 7.97. The van der Waals surface area contributed by atoms with Gasteiger partial charge in [-0.15, -0.1) is 0 Å². The van der Waals surface area contributed by atoms with E-state index in [4.69, 9.17) is 9.84 Å². The molecule has 0 aliphatic heterocycles. The van der Waals surface area contributed by atoms with Gasteiger partial charge in [-0.25, -0.2) is 0 Å². The number of carbonyl (C=O) groups excluding carboxylic acids is 1. The Kier molecular flexibility index (Phi) is 19.4. The molecule has 0 radical (unpaired) electrons. The van der Waals surface area contributed by atoms with E-state index in [0.717, 1.165) is 38.1 Å². The van der Waals surface area contributed by atoms with Crippen molar-refractivity contribution in [2.45, 2.75) is 120 Å². The van der Waals surface area contributed by atoms with Crippen LogP contribution in [-0.2, 0) is 9.53 Å². The molecule has 0 fully saturated rings. The highest BCUT2D eigenvalue weighted by molar-refractivity contribution is 5.48. The predicted molar refractivity (Wildman–Crippen MR) is 150 cm³/mol. The molecule has 0 bridgehead atoms. The van der Waals surface area contributed by atoms with E-state index in [1.54, 1.807) is 11.1 Å². The Bertz CT molecular complexity index is 631. The van der Waals surface area contributed by atoms with Gasteiger partial charge in [-0.1, -0.05) is 92.0 Å². The first-order valence-corrected chi connectivity index (χ1v) is 13.9. The van der Waals surface area contributed by atoms with Crippen molar-refractivity contribution in [1.29, 1.82) is 0 Å². The normalized spacial score (nSPS) is 29.5. The fourth-order valence-corrected chi connectivity index (χ4v) is 5.36. The van der Waals surface area contributed by atoms with Crippen LogP contribution in [0.3, 0.4) is 0 Å². The number of fused-ring (bicyclic) bond motifs is 3. The zero-order valence-corrected chi connectivity index (χ0v) is 24.6. The summed E-state index contributed by atoms with van der Waals surface area (Å²) in [6.45, 7) is 19.7. The van der Waals surface area contributed by atoms with Crippen LogP contribution >= 0.6 is 0 Å². The van der Waals surface area contributed by atoms with Crippen LogP contribution in [0.5, 0.6) is 0 Å². The highest BCUT2D eigenvalue weighted by Gasteiger charge is 2.42. The lowest BCUT2D eigenvalue weighted by Crippen LogP contribution is -2.26. The summed E-state index contributed by atoms with van der Waals surface area (Å²) in [6, 6.07) is 0. The Morgan fingerprint density at radius 2 is 1.68 bits per heavy atom. The van der Waals surface area contributed by atoms with Crippen molar-refractivity contribution in [3.8, 4) is 0 Å². The molecule has 0 aromatic rings. The highest BCUT2D eigenvalue weighted by atomic mass is 16.5. The van der Waals surface area contributed by atoms with Crippen LogP contribution in [0.2, 0.25) is 0 Å². The summed E-state index contributed by atoms with van der Waals surface area (Å²) in [5.74, 6) is 2.77. The minimum atomic E-state index is 0.247. The molecule has 200 valence electrons. The molecule has 0 saturated carbocycles. The molecular weight excluding hydrogens is 420 g/mol. The van der Waals surface area contributed by atoms with Crippen molar-refractivity contribution in [3.05, 3.63) is 35.1 Å². The van der Waals surface area contributed by atoms with Gasteiger partial charge < -0.3 is 14.6 Å². The number of aliphatic hydroxyl groups is 1. The van der Waals surface area contributed by atoms with Gasteiger partial charge in [0.15, 0.2) is 0 Å². The van der Waals surface area contributed by atoms with E-state index in [0.29, 0.717) is 11.8 Å². The van der Waals surface area contributed by atoms with E-state index in [9.17, 15) is 4.79 Å². The fraction of sp³-hybridized carbons (Fsp3) is 0.774. The van der Waals surface area contributed by atoms with Gasteiger partial charge >= 0.3 is 0 Å². The minimum Gasteiger partial charge on any atom is -0.501 e. The lowest BCUT2D eigenvalue weighted by Gasteiger charge is -2.37. The number of methoxy groups -OCH3 is 1. The van der Waals surface area contributed by atoms with Crippen LogP contribution < -0.4 is 0 Å². The van der Waals surface area contributed by atoms with E-state index in [-0.39, 0.29) is 5.41 Å². The number of aliphatic hydroxyl groups excluding tert-OH is 1. The third-order valence-electron chi connectivity index (χ3n) is 7.97. The van der Waals surface area contributed by atoms with Gasteiger partial charge in [-0.2, -0.15) is 0 Å². The molecule has 34 heavy (non-hydrogen) atoms. The lowest BCUT2D eigenvalue weighted by molar-refractivity contribution is -0.107. The summed E-state index contributed by atoms with van der Waals surface area (Å²) in [4.78, 5) is 9.17. The second-order valence-electron chi connectivity index (χ2n) is 9.50. The zero-order valence-electron chi connectivity index (χ0n) is 24.6. The van der Waals surface area contributed by atoms with Crippen molar-refractivity contribution in [3.63, 3.8) is 0 Å². The molecule has 0 aromatic carbocycles. The van der Waals surface area contributed by atoms with Crippen molar-refractivity contribution < 1.29 is 14.6 Å². The molecule has 3 aliphatic carbocycles. The first kappa shape index (κ1) is 34.8. The first-order valence-electron chi connectivity index (χ1n) is 13.9. The van der Waals surface area contributed by atoms with Gasteiger partial charge in [0.1, 0.15) is 6.29 Å². The molecule has 4 atom stereocenters. The summed E-state index contributed by atoms with van der Waals surface area (Å²) in [6.07, 6.45) is 18.9. The number of carbonyl (C=O) groups is 1. The SMILES string of the molecule is CC.CC.CCC1(C)CC=C2C(CCC=C3CC=C(OC)CCC32C)CC1C.CCC=O.CO. The van der Waals surface area contributed by atoms with Crippen LogP contribution in [-0.4, -0.2) is 25.6 Å². The molecule has 0 saturated heterocycles. The standard InChI is InChI=1S/C23H36O.C3H6O.2C2H6.CH4O/c1-6-22(3)14-13-21-18(16-17(22)2)8-7-9-19-10-11-20(24-5)12-15-23(19,21)4;1-2-3-4;3*1-2/h9,11,13,17-18H,6-8,10,12,14-16H2,1-5H3;3H,2H2,1H3;2*1-2H3;2H,1H3. The maximum atomic E-state index is 9.17. The van der Waals surface area contributed by atoms with Crippen LogP contribution in [0.25, 0.3) is 0 Å². The smallest absolute Gasteiger partial charge is 0.119 e. The summed E-state index contributed by atoms with van der Waals surface area (Å²) in [5, 5.41) is 7.00. The Balaban J connectivity index is 0. The molecular formula is C31H58O3. The summed E-state index contributed by atoms with van der Waals surface area (Å²) < 4.78 is 5.60. The summed E-state index contributed by atoms with van der Waals surface area (Å²) >= 11 is 0. The second kappa shape index (κ2) is 18.9. The fourth-order valence-electron chi connectivity index (χ4n) is 5.36. The van der Waals surface area contributed by atoms with Gasteiger partial charge in [0.05, 0.1) is 12.9 Å². The molecule has 0 aromatic heterocycles. The van der Waals surface area contributed by atoms with Gasteiger partial charge in [-0.3, -0.25) is 0 Å². The first-order chi connectivity index (χ1) is 16.3. The van der Waals surface area contributed by atoms with Gasteiger partial charge in [0, 0.05) is 25.4 Å². The Hall–Kier alpha value is -1.35. The Labute approximate surface area is 213 Å². The zero-order chi connectivity index (χ0) is 26.8. The molecule has 1 N–H and O–H groups in total. The average Bonchev–Trinajstić information content (AvgIpc) is 3.20. The van der Waals surface area contributed by atoms with Crippen molar-refractivity contribution >= 4 is 6.29 Å². The molecule has 0 spiro atoms. The molecule has 4 unspecified atom stereocenters. The van der Waals surface area contributed by atoms with E-state index in [2.05, 4.69) is 45.9 Å². The third kappa shape index (κ3) is 9.36. The van der Waals surface area contributed by atoms with Crippen LogP contribution in [0, 0.1) is 22.7 Å². The number of ether oxygens (including phenoxy) is 1. The Morgan fingerprint density at radius 3 is 2.18 bits per heavy atom. The van der Waals surface area contributed by atoms with Crippen LogP contribution in [0.4, 0.5) is 0 Å². The molecule has 3 rings (SSSR count). The van der Waals surface area contributed by atoms with E-state index in [1.165, 1.54) is 44.3 Å². The van der Waals surface area contributed by atoms with E-state index >= 15 is 0 Å². The minimum absolute atomic E-state index is 0.247. The summed E-state index contributed by atoms with van der Waals surface area (Å²) in [7, 11) is 2.83. The molecule has 0 amide bonds. The van der Waals surface area contributed by atoms with Crippen molar-refractivity contribution in [2.75, 3.05) is 14.2 Å². The molecule has 3 nitrogen and oxygen atoms in total. The van der Waals surface area contributed by atoms with Crippen LogP contribution in [0.1, 0.15) is 120 Å². The van der Waals surface area contributed by atoms with E-state index in [1.807, 2.05) is 41.7 Å². The van der Waals surface area contributed by atoms with E-state index < -0.39 is 0 Å². The maximum Gasteiger partial charge on any atom is 0.119 e. The number of allylic oxidation sites excluding steroid dienone is 6. The topological polar surface area (TPSA) is 46.5 Å². The van der Waals surface area contributed by atoms with Gasteiger partial charge in [0.25, 0.3) is 0 Å². The quantitative estimate of drug-likeness (QED) is 0.325. The number of hydrogen-bond donors (Lipinski definition) is 1. The van der Waals surface area contributed by atoms with Crippen molar-refractivity contribution in [1.82, 2.24) is 0 Å². The number of hydrogen-bond acceptors (Lipinski definition) is 3.